The van der Waals surface area contributed by atoms with Crippen molar-refractivity contribution in [3.8, 4) is 0 Å². The summed E-state index contributed by atoms with van der Waals surface area (Å²) < 4.78 is 0. The van der Waals surface area contributed by atoms with Crippen LogP contribution in [0.1, 0.15) is 36.6 Å². The largest absolute Gasteiger partial charge is 0.250 e. The van der Waals surface area contributed by atoms with Crippen LogP contribution in [0.25, 0.3) is 0 Å². The number of aryl methyl sites for hydroxylation is 1. The Balaban J connectivity index is 2.30. The van der Waals surface area contributed by atoms with Crippen LogP contribution in [0.15, 0.2) is 6.20 Å². The molecule has 0 amide bonds. The maximum Gasteiger partial charge on any atom is 0.0896 e. The summed E-state index contributed by atoms with van der Waals surface area (Å²) in [5.41, 5.74) is 0.520. The molecular formula is C10H15NS. The third-order valence-corrected chi connectivity index (χ3v) is 4.14. The minimum Gasteiger partial charge on any atom is -0.250 e. The minimum absolute atomic E-state index is 0.520. The monoisotopic (exact) mass is 181 g/mol. The summed E-state index contributed by atoms with van der Waals surface area (Å²) >= 11 is 1.87. The van der Waals surface area contributed by atoms with E-state index in [9.17, 15) is 0 Å². The Kier molecular flexibility index (Phi) is 1.76. The number of hydrogen-bond donors (Lipinski definition) is 0. The van der Waals surface area contributed by atoms with E-state index in [0.29, 0.717) is 5.41 Å². The number of hydrogen-bond acceptors (Lipinski definition) is 2. The van der Waals surface area contributed by atoms with E-state index in [1.54, 1.807) is 0 Å². The Hall–Kier alpha value is -0.370. The Morgan fingerprint density at radius 2 is 2.17 bits per heavy atom. The van der Waals surface area contributed by atoms with Crippen molar-refractivity contribution in [3.05, 3.63) is 16.1 Å². The van der Waals surface area contributed by atoms with Gasteiger partial charge in [-0.2, -0.15) is 0 Å². The van der Waals surface area contributed by atoms with Crippen molar-refractivity contribution >= 4 is 11.3 Å². The van der Waals surface area contributed by atoms with Gasteiger partial charge in [0.15, 0.2) is 0 Å². The van der Waals surface area contributed by atoms with Gasteiger partial charge in [-0.3, -0.25) is 0 Å². The standard InChI is InChI=1S/C10H15NS/c1-7(2)10(4-5-10)9-6-11-8(3)12-9/h6-7H,4-5H2,1-3H3. The first-order valence-electron chi connectivity index (χ1n) is 4.58. The van der Waals surface area contributed by atoms with Crippen LogP contribution in [0, 0.1) is 12.8 Å². The molecule has 1 aliphatic carbocycles. The highest BCUT2D eigenvalue weighted by molar-refractivity contribution is 7.11. The minimum atomic E-state index is 0.520. The molecule has 0 unspecified atom stereocenters. The van der Waals surface area contributed by atoms with Gasteiger partial charge in [0.05, 0.1) is 5.01 Å². The molecule has 0 aromatic carbocycles. The van der Waals surface area contributed by atoms with E-state index in [2.05, 4.69) is 32.0 Å². The maximum absolute atomic E-state index is 4.32. The van der Waals surface area contributed by atoms with E-state index >= 15 is 0 Å². The molecule has 1 nitrogen and oxygen atoms in total. The molecule has 2 rings (SSSR count). The van der Waals surface area contributed by atoms with E-state index in [4.69, 9.17) is 0 Å². The molecule has 1 aliphatic rings. The molecule has 1 aromatic rings. The first-order valence-corrected chi connectivity index (χ1v) is 5.40. The third kappa shape index (κ3) is 1.09. The van der Waals surface area contributed by atoms with Crippen molar-refractivity contribution in [1.29, 1.82) is 0 Å². The molecule has 1 heterocycles. The molecule has 1 saturated carbocycles. The molecule has 0 N–H and O–H groups in total. The van der Waals surface area contributed by atoms with Gasteiger partial charge in [0.1, 0.15) is 0 Å². The van der Waals surface area contributed by atoms with Gasteiger partial charge < -0.3 is 0 Å². The summed E-state index contributed by atoms with van der Waals surface area (Å²) in [6, 6.07) is 0. The van der Waals surface area contributed by atoms with Crippen molar-refractivity contribution in [2.75, 3.05) is 0 Å². The second-order valence-electron chi connectivity index (χ2n) is 4.05. The van der Waals surface area contributed by atoms with Crippen LogP contribution in [0.2, 0.25) is 0 Å². The molecule has 0 aliphatic heterocycles. The van der Waals surface area contributed by atoms with Crippen molar-refractivity contribution in [2.24, 2.45) is 5.92 Å². The highest BCUT2D eigenvalue weighted by Crippen LogP contribution is 2.55. The van der Waals surface area contributed by atoms with Gasteiger partial charge in [-0.1, -0.05) is 13.8 Å². The lowest BCUT2D eigenvalue weighted by Gasteiger charge is -2.16. The smallest absolute Gasteiger partial charge is 0.0896 e. The molecule has 0 radical (unpaired) electrons. The second-order valence-corrected chi connectivity index (χ2v) is 5.29. The molecule has 0 bridgehead atoms. The quantitative estimate of drug-likeness (QED) is 0.683. The third-order valence-electron chi connectivity index (χ3n) is 3.01. The molecule has 0 saturated heterocycles. The molecule has 12 heavy (non-hydrogen) atoms. The fourth-order valence-electron chi connectivity index (χ4n) is 1.83. The van der Waals surface area contributed by atoms with Crippen molar-refractivity contribution in [1.82, 2.24) is 4.98 Å². The predicted molar refractivity (Wildman–Crippen MR) is 52.6 cm³/mol. The van der Waals surface area contributed by atoms with Gasteiger partial charge in [0.2, 0.25) is 0 Å². The zero-order chi connectivity index (χ0) is 8.77. The highest BCUT2D eigenvalue weighted by Gasteiger charge is 2.48. The van der Waals surface area contributed by atoms with Gasteiger partial charge in [-0.05, 0) is 25.7 Å². The average Bonchev–Trinajstić information content (AvgIpc) is 2.71. The molecule has 2 heteroatoms. The van der Waals surface area contributed by atoms with Crippen LogP contribution in [0.4, 0.5) is 0 Å². The second kappa shape index (κ2) is 2.56. The molecule has 66 valence electrons. The first-order chi connectivity index (χ1) is 5.65. The Morgan fingerprint density at radius 3 is 2.50 bits per heavy atom. The summed E-state index contributed by atoms with van der Waals surface area (Å²) in [7, 11) is 0. The van der Waals surface area contributed by atoms with Gasteiger partial charge >= 0.3 is 0 Å². The number of thiazole rings is 1. The SMILES string of the molecule is Cc1ncc(C2(C(C)C)CC2)s1. The highest BCUT2D eigenvalue weighted by atomic mass is 32.1. The fourth-order valence-corrected chi connectivity index (χ4v) is 3.01. The summed E-state index contributed by atoms with van der Waals surface area (Å²) in [5, 5.41) is 1.21. The summed E-state index contributed by atoms with van der Waals surface area (Å²) in [6.07, 6.45) is 4.81. The number of rotatable bonds is 2. The van der Waals surface area contributed by atoms with Crippen LogP contribution in [0.5, 0.6) is 0 Å². The van der Waals surface area contributed by atoms with E-state index < -0.39 is 0 Å². The molecule has 1 aromatic heterocycles. The number of nitrogens with zero attached hydrogens (tertiary/aromatic N) is 1. The zero-order valence-corrected chi connectivity index (χ0v) is 8.74. The lowest BCUT2D eigenvalue weighted by atomic mass is 9.91. The predicted octanol–water partition coefficient (Wildman–Crippen LogP) is 3.14. The Labute approximate surface area is 77.8 Å². The van der Waals surface area contributed by atoms with E-state index in [0.717, 1.165) is 5.92 Å². The first kappa shape index (κ1) is 8.24. The summed E-state index contributed by atoms with van der Waals surface area (Å²) in [5.74, 6) is 0.775. The molecule has 0 spiro atoms. The number of aromatic nitrogens is 1. The van der Waals surface area contributed by atoms with E-state index in [-0.39, 0.29) is 0 Å². The van der Waals surface area contributed by atoms with Crippen molar-refractivity contribution in [2.45, 2.75) is 39.0 Å². The summed E-state index contributed by atoms with van der Waals surface area (Å²) in [6.45, 7) is 6.73. The van der Waals surface area contributed by atoms with Crippen LogP contribution in [-0.2, 0) is 5.41 Å². The van der Waals surface area contributed by atoms with Crippen LogP contribution < -0.4 is 0 Å². The van der Waals surface area contributed by atoms with E-state index in [1.807, 2.05) is 11.3 Å². The molecule has 0 atom stereocenters. The lowest BCUT2D eigenvalue weighted by molar-refractivity contribution is 0.488. The topological polar surface area (TPSA) is 12.9 Å². The van der Waals surface area contributed by atoms with Gasteiger partial charge in [0, 0.05) is 16.5 Å². The zero-order valence-electron chi connectivity index (χ0n) is 7.92. The Bertz CT molecular complexity index is 284. The maximum atomic E-state index is 4.32. The summed E-state index contributed by atoms with van der Waals surface area (Å²) in [4.78, 5) is 5.83. The lowest BCUT2D eigenvalue weighted by Crippen LogP contribution is -2.12. The van der Waals surface area contributed by atoms with Crippen LogP contribution in [-0.4, -0.2) is 4.98 Å². The molecular weight excluding hydrogens is 166 g/mol. The van der Waals surface area contributed by atoms with E-state index in [1.165, 1.54) is 22.7 Å². The average molecular weight is 181 g/mol. The van der Waals surface area contributed by atoms with Crippen LogP contribution in [0.3, 0.4) is 0 Å². The van der Waals surface area contributed by atoms with Crippen molar-refractivity contribution < 1.29 is 0 Å². The van der Waals surface area contributed by atoms with Gasteiger partial charge in [0.25, 0.3) is 0 Å². The Morgan fingerprint density at radius 1 is 1.50 bits per heavy atom. The van der Waals surface area contributed by atoms with Crippen LogP contribution >= 0.6 is 11.3 Å². The normalized spacial score (nSPS) is 20.0. The van der Waals surface area contributed by atoms with Gasteiger partial charge in [-0.15, -0.1) is 11.3 Å². The van der Waals surface area contributed by atoms with Gasteiger partial charge in [-0.25, -0.2) is 4.98 Å². The fraction of sp³-hybridized carbons (Fsp3) is 0.700. The van der Waals surface area contributed by atoms with Crippen molar-refractivity contribution in [3.63, 3.8) is 0 Å². The molecule has 1 fully saturated rings.